The molecule has 126 valence electrons. The largest absolute Gasteiger partial charge is 0.375 e. The average Bonchev–Trinajstić information content (AvgIpc) is 2.57. The molecule has 1 aromatic rings. The summed E-state index contributed by atoms with van der Waals surface area (Å²) in [5.41, 5.74) is 0. The maximum atomic E-state index is 12.8. The van der Waals surface area contributed by atoms with Crippen molar-refractivity contribution in [3.8, 4) is 0 Å². The van der Waals surface area contributed by atoms with Crippen molar-refractivity contribution < 1.29 is 9.53 Å². The fraction of sp³-hybridized carbons (Fsp3) is 0.647. The number of aromatic nitrogens is 1. The van der Waals surface area contributed by atoms with Crippen LogP contribution in [0.15, 0.2) is 18.3 Å². The first-order valence-corrected chi connectivity index (χ1v) is 8.71. The van der Waals surface area contributed by atoms with Crippen LogP contribution in [0.2, 0.25) is 5.02 Å². The number of hydrogen-bond donors (Lipinski definition) is 0. The zero-order valence-electron chi connectivity index (χ0n) is 13.7. The molecule has 2 fully saturated rings. The van der Waals surface area contributed by atoms with Crippen LogP contribution in [-0.4, -0.2) is 54.2 Å². The van der Waals surface area contributed by atoms with Crippen LogP contribution >= 0.6 is 11.6 Å². The Morgan fingerprint density at radius 1 is 1.30 bits per heavy atom. The average molecular weight is 338 g/mol. The van der Waals surface area contributed by atoms with Gasteiger partial charge in [-0.05, 0) is 38.8 Å². The van der Waals surface area contributed by atoms with Crippen LogP contribution < -0.4 is 4.90 Å². The lowest BCUT2D eigenvalue weighted by atomic mass is 9.94. The van der Waals surface area contributed by atoms with Crippen molar-refractivity contribution in [2.75, 3.05) is 31.1 Å². The van der Waals surface area contributed by atoms with Crippen molar-refractivity contribution >= 4 is 23.3 Å². The van der Waals surface area contributed by atoms with Crippen LogP contribution in [0.4, 0.5) is 5.82 Å². The van der Waals surface area contributed by atoms with E-state index in [0.29, 0.717) is 18.2 Å². The highest BCUT2D eigenvalue weighted by Crippen LogP contribution is 2.25. The first kappa shape index (κ1) is 16.5. The molecule has 3 rings (SSSR count). The summed E-state index contributed by atoms with van der Waals surface area (Å²) in [6, 6.07) is 3.98. The number of ether oxygens (including phenoxy) is 1. The Balaban J connectivity index is 1.57. The molecular weight excluding hydrogens is 314 g/mol. The van der Waals surface area contributed by atoms with Gasteiger partial charge in [0, 0.05) is 31.7 Å². The summed E-state index contributed by atoms with van der Waals surface area (Å²) < 4.78 is 5.62. The molecule has 2 aliphatic heterocycles. The Bertz CT molecular complexity index is 543. The van der Waals surface area contributed by atoms with Crippen molar-refractivity contribution in [3.05, 3.63) is 23.4 Å². The number of hydrogen-bond acceptors (Lipinski definition) is 4. The molecule has 0 saturated carbocycles. The molecule has 0 aromatic carbocycles. The van der Waals surface area contributed by atoms with Gasteiger partial charge in [0.05, 0.1) is 23.8 Å². The molecule has 2 aliphatic rings. The second-order valence-corrected chi connectivity index (χ2v) is 7.02. The van der Waals surface area contributed by atoms with Crippen LogP contribution in [0, 0.1) is 5.92 Å². The highest BCUT2D eigenvalue weighted by molar-refractivity contribution is 6.30. The first-order chi connectivity index (χ1) is 11.0. The summed E-state index contributed by atoms with van der Waals surface area (Å²) in [6.45, 7) is 7.16. The lowest BCUT2D eigenvalue weighted by Crippen LogP contribution is -2.53. The normalized spacial score (nSPS) is 26.4. The number of carbonyl (C=O) groups is 1. The summed E-state index contributed by atoms with van der Waals surface area (Å²) in [5, 5.41) is 0.647. The number of nitrogens with zero attached hydrogens (tertiary/aromatic N) is 3. The van der Waals surface area contributed by atoms with Gasteiger partial charge in [-0.2, -0.15) is 0 Å². The van der Waals surface area contributed by atoms with E-state index in [1.165, 1.54) is 0 Å². The molecule has 5 nitrogen and oxygen atoms in total. The highest BCUT2D eigenvalue weighted by atomic mass is 35.5. The Morgan fingerprint density at radius 3 is 2.70 bits per heavy atom. The van der Waals surface area contributed by atoms with Gasteiger partial charge in [-0.15, -0.1) is 0 Å². The number of rotatable bonds is 2. The number of carbonyl (C=O) groups excluding carboxylic acids is 1. The molecular formula is C17H24ClN3O2. The van der Waals surface area contributed by atoms with Crippen LogP contribution in [0.5, 0.6) is 0 Å². The highest BCUT2D eigenvalue weighted by Gasteiger charge is 2.34. The summed E-state index contributed by atoms with van der Waals surface area (Å²) in [6.07, 6.45) is 3.56. The van der Waals surface area contributed by atoms with E-state index in [1.807, 2.05) is 24.0 Å². The second-order valence-electron chi connectivity index (χ2n) is 6.58. The molecule has 0 aliphatic carbocycles. The Kier molecular flexibility index (Phi) is 5.07. The lowest BCUT2D eigenvalue weighted by Gasteiger charge is -2.40. The lowest BCUT2D eigenvalue weighted by molar-refractivity contribution is -0.148. The van der Waals surface area contributed by atoms with Crippen molar-refractivity contribution in [1.82, 2.24) is 9.88 Å². The van der Waals surface area contributed by atoms with E-state index < -0.39 is 0 Å². The van der Waals surface area contributed by atoms with Crippen LogP contribution in [-0.2, 0) is 9.53 Å². The minimum Gasteiger partial charge on any atom is -0.375 e. The van der Waals surface area contributed by atoms with Gasteiger partial charge < -0.3 is 14.5 Å². The second kappa shape index (κ2) is 7.05. The third-order valence-electron chi connectivity index (χ3n) is 4.77. The van der Waals surface area contributed by atoms with E-state index in [4.69, 9.17) is 16.3 Å². The summed E-state index contributed by atoms with van der Waals surface area (Å²) in [7, 11) is 0. The van der Waals surface area contributed by atoms with Gasteiger partial charge in [-0.1, -0.05) is 11.6 Å². The molecule has 6 heteroatoms. The number of piperidine rings is 1. The molecule has 0 bridgehead atoms. The van der Waals surface area contributed by atoms with E-state index >= 15 is 0 Å². The van der Waals surface area contributed by atoms with Gasteiger partial charge >= 0.3 is 0 Å². The van der Waals surface area contributed by atoms with E-state index in [2.05, 4.69) is 16.8 Å². The predicted octanol–water partition coefficient (Wildman–Crippen LogP) is 2.59. The first-order valence-electron chi connectivity index (χ1n) is 8.33. The number of amides is 1. The fourth-order valence-electron chi connectivity index (χ4n) is 3.36. The molecule has 2 saturated heterocycles. The molecule has 0 radical (unpaired) electrons. The summed E-state index contributed by atoms with van der Waals surface area (Å²) >= 11 is 5.89. The van der Waals surface area contributed by atoms with Gasteiger partial charge in [0.2, 0.25) is 5.91 Å². The molecule has 23 heavy (non-hydrogen) atoms. The van der Waals surface area contributed by atoms with Crippen LogP contribution in [0.25, 0.3) is 0 Å². The van der Waals surface area contributed by atoms with Crippen molar-refractivity contribution in [3.63, 3.8) is 0 Å². The Labute approximate surface area is 142 Å². The molecule has 1 amide bonds. The zero-order valence-corrected chi connectivity index (χ0v) is 14.5. The smallest absolute Gasteiger partial charge is 0.226 e. The van der Waals surface area contributed by atoms with E-state index in [9.17, 15) is 4.79 Å². The maximum Gasteiger partial charge on any atom is 0.226 e. The number of halogens is 1. The molecule has 1 aromatic heterocycles. The molecule has 0 spiro atoms. The van der Waals surface area contributed by atoms with Gasteiger partial charge in [0.25, 0.3) is 0 Å². The minimum absolute atomic E-state index is 0.117. The van der Waals surface area contributed by atoms with Gasteiger partial charge in [0.15, 0.2) is 0 Å². The van der Waals surface area contributed by atoms with Gasteiger partial charge in [-0.3, -0.25) is 4.79 Å². The van der Waals surface area contributed by atoms with Gasteiger partial charge in [-0.25, -0.2) is 4.98 Å². The van der Waals surface area contributed by atoms with Crippen molar-refractivity contribution in [2.45, 2.75) is 38.8 Å². The molecule has 2 atom stereocenters. The van der Waals surface area contributed by atoms with Crippen LogP contribution in [0.1, 0.15) is 26.7 Å². The monoisotopic (exact) mass is 337 g/mol. The Morgan fingerprint density at radius 2 is 2.04 bits per heavy atom. The summed E-state index contributed by atoms with van der Waals surface area (Å²) in [4.78, 5) is 21.4. The van der Waals surface area contributed by atoms with Crippen molar-refractivity contribution in [2.24, 2.45) is 5.92 Å². The SMILES string of the molecule is C[C@@H]1CN(C(=O)C2CCN(c3ccc(Cl)cn3)CC2)[C@@H](C)CO1. The predicted molar refractivity (Wildman–Crippen MR) is 90.8 cm³/mol. The quantitative estimate of drug-likeness (QED) is 0.832. The van der Waals surface area contributed by atoms with Gasteiger partial charge in [0.1, 0.15) is 5.82 Å². The zero-order chi connectivity index (χ0) is 16.4. The molecule has 0 N–H and O–H groups in total. The number of pyridine rings is 1. The summed E-state index contributed by atoms with van der Waals surface area (Å²) in [5.74, 6) is 1.34. The third kappa shape index (κ3) is 3.78. The number of morpholine rings is 1. The van der Waals surface area contributed by atoms with E-state index in [1.54, 1.807) is 6.20 Å². The third-order valence-corrected chi connectivity index (χ3v) is 4.99. The van der Waals surface area contributed by atoms with E-state index in [-0.39, 0.29) is 24.0 Å². The minimum atomic E-state index is 0.117. The maximum absolute atomic E-state index is 12.8. The van der Waals surface area contributed by atoms with Crippen molar-refractivity contribution in [1.29, 1.82) is 0 Å². The Hall–Kier alpha value is -1.33. The number of anilines is 1. The topological polar surface area (TPSA) is 45.7 Å². The van der Waals surface area contributed by atoms with Crippen LogP contribution in [0.3, 0.4) is 0 Å². The van der Waals surface area contributed by atoms with E-state index in [0.717, 1.165) is 31.7 Å². The fourth-order valence-corrected chi connectivity index (χ4v) is 3.47. The molecule has 0 unspecified atom stereocenters. The molecule has 3 heterocycles. The standard InChI is InChI=1S/C17H24ClN3O2/c1-12-11-23-13(2)10-21(12)17(22)14-5-7-20(8-6-14)16-4-3-15(18)9-19-16/h3-4,9,12-14H,5-8,10-11H2,1-2H3/t12-,13+/m0/s1.